The van der Waals surface area contributed by atoms with E-state index in [2.05, 4.69) is 10.2 Å². The van der Waals surface area contributed by atoms with E-state index >= 15 is 0 Å². The summed E-state index contributed by atoms with van der Waals surface area (Å²) in [5, 5.41) is 9.16. The maximum Gasteiger partial charge on any atom is 0.319 e. The van der Waals surface area contributed by atoms with Gasteiger partial charge in [0.1, 0.15) is 5.41 Å². The Balaban J connectivity index is 2.04. The number of hydrogen-bond acceptors (Lipinski definition) is 4. The Labute approximate surface area is 134 Å². The third-order valence-electron chi connectivity index (χ3n) is 4.29. The minimum atomic E-state index is -0.655. The lowest BCUT2D eigenvalue weighted by Crippen LogP contribution is -2.45. The largest absolute Gasteiger partial charge is 0.465 e. The number of benzene rings is 1. The van der Waals surface area contributed by atoms with Crippen molar-refractivity contribution in [3.05, 3.63) is 35.1 Å². The van der Waals surface area contributed by atoms with Gasteiger partial charge in [0.05, 0.1) is 11.6 Å². The highest BCUT2D eigenvalue weighted by molar-refractivity contribution is 6.33. The molecule has 1 saturated carbocycles. The van der Waals surface area contributed by atoms with E-state index in [4.69, 9.17) is 16.3 Å². The van der Waals surface area contributed by atoms with Gasteiger partial charge < -0.3 is 9.30 Å². The Morgan fingerprint density at radius 3 is 2.68 bits per heavy atom. The van der Waals surface area contributed by atoms with Gasteiger partial charge in [-0.15, -0.1) is 10.2 Å². The van der Waals surface area contributed by atoms with Crippen molar-refractivity contribution in [1.29, 1.82) is 0 Å². The van der Waals surface area contributed by atoms with Crippen LogP contribution in [0.4, 0.5) is 0 Å². The molecule has 0 saturated heterocycles. The molecular formula is C16H18ClN3O2. The summed E-state index contributed by atoms with van der Waals surface area (Å²) < 4.78 is 7.11. The van der Waals surface area contributed by atoms with E-state index in [0.717, 1.165) is 24.8 Å². The highest BCUT2D eigenvalue weighted by Crippen LogP contribution is 2.44. The van der Waals surface area contributed by atoms with E-state index in [0.29, 0.717) is 23.3 Å². The maximum absolute atomic E-state index is 12.4. The van der Waals surface area contributed by atoms with E-state index in [1.807, 2.05) is 42.8 Å². The van der Waals surface area contributed by atoms with Crippen LogP contribution in [0.15, 0.2) is 24.3 Å². The monoisotopic (exact) mass is 319 g/mol. The summed E-state index contributed by atoms with van der Waals surface area (Å²) in [6.07, 6.45) is 2.49. The zero-order chi connectivity index (χ0) is 15.7. The van der Waals surface area contributed by atoms with Gasteiger partial charge in [0.25, 0.3) is 0 Å². The first kappa shape index (κ1) is 15.0. The molecule has 2 aromatic rings. The van der Waals surface area contributed by atoms with Crippen LogP contribution in [-0.4, -0.2) is 27.3 Å². The van der Waals surface area contributed by atoms with Crippen molar-refractivity contribution in [1.82, 2.24) is 14.8 Å². The Morgan fingerprint density at radius 1 is 1.36 bits per heavy atom. The number of carbonyl (C=O) groups is 1. The molecule has 1 aliphatic carbocycles. The van der Waals surface area contributed by atoms with Crippen molar-refractivity contribution in [2.45, 2.75) is 31.6 Å². The molecule has 22 heavy (non-hydrogen) atoms. The normalized spacial score (nSPS) is 16.1. The number of ether oxygens (including phenoxy) is 1. The highest BCUT2D eigenvalue weighted by Gasteiger charge is 2.51. The van der Waals surface area contributed by atoms with E-state index < -0.39 is 5.41 Å². The number of hydrogen-bond donors (Lipinski definition) is 0. The molecule has 116 valence electrons. The summed E-state index contributed by atoms with van der Waals surface area (Å²) in [7, 11) is 1.87. The lowest BCUT2D eigenvalue weighted by atomic mass is 9.68. The quantitative estimate of drug-likeness (QED) is 0.812. The van der Waals surface area contributed by atoms with Gasteiger partial charge in [-0.1, -0.05) is 30.2 Å². The van der Waals surface area contributed by atoms with Crippen LogP contribution in [0.2, 0.25) is 5.02 Å². The second-order valence-corrected chi connectivity index (χ2v) is 5.95. The minimum absolute atomic E-state index is 0.206. The van der Waals surface area contributed by atoms with Crippen LogP contribution in [-0.2, 0) is 22.0 Å². The number of carbonyl (C=O) groups excluding carboxylic acids is 1. The summed E-state index contributed by atoms with van der Waals surface area (Å²) in [6.45, 7) is 2.19. The number of halogens is 1. The molecule has 3 rings (SSSR count). The molecule has 1 aliphatic rings. The molecule has 0 aliphatic heterocycles. The predicted molar refractivity (Wildman–Crippen MR) is 83.6 cm³/mol. The molecule has 1 aromatic carbocycles. The topological polar surface area (TPSA) is 57.0 Å². The molecule has 0 N–H and O–H groups in total. The zero-order valence-corrected chi connectivity index (χ0v) is 13.4. The van der Waals surface area contributed by atoms with Gasteiger partial charge in [-0.3, -0.25) is 4.79 Å². The van der Waals surface area contributed by atoms with Gasteiger partial charge in [-0.2, -0.15) is 0 Å². The van der Waals surface area contributed by atoms with Crippen molar-refractivity contribution in [2.24, 2.45) is 7.05 Å². The van der Waals surface area contributed by atoms with Gasteiger partial charge in [0.15, 0.2) is 11.6 Å². The predicted octanol–water partition coefficient (Wildman–Crippen LogP) is 3.12. The van der Waals surface area contributed by atoms with Gasteiger partial charge in [0, 0.05) is 12.6 Å². The van der Waals surface area contributed by atoms with Gasteiger partial charge >= 0.3 is 5.97 Å². The van der Waals surface area contributed by atoms with Crippen molar-refractivity contribution in [3.8, 4) is 11.4 Å². The molecular weight excluding hydrogens is 302 g/mol. The van der Waals surface area contributed by atoms with Gasteiger partial charge in [-0.05, 0) is 31.9 Å². The summed E-state index contributed by atoms with van der Waals surface area (Å²) in [5.74, 6) is 1.12. The van der Waals surface area contributed by atoms with E-state index in [9.17, 15) is 4.79 Å². The first-order valence-corrected chi connectivity index (χ1v) is 7.80. The molecule has 1 fully saturated rings. The van der Waals surface area contributed by atoms with Crippen LogP contribution in [0.5, 0.6) is 0 Å². The third kappa shape index (κ3) is 2.20. The molecule has 0 unspecified atom stereocenters. The molecule has 1 heterocycles. The van der Waals surface area contributed by atoms with Crippen LogP contribution in [0.1, 0.15) is 32.0 Å². The smallest absolute Gasteiger partial charge is 0.319 e. The third-order valence-corrected chi connectivity index (χ3v) is 4.62. The van der Waals surface area contributed by atoms with Gasteiger partial charge in [-0.25, -0.2) is 0 Å². The van der Waals surface area contributed by atoms with Crippen molar-refractivity contribution < 1.29 is 9.53 Å². The average molecular weight is 320 g/mol. The van der Waals surface area contributed by atoms with Crippen LogP contribution in [0.25, 0.3) is 11.4 Å². The molecule has 5 nitrogen and oxygen atoms in total. The molecule has 0 amide bonds. The summed E-state index contributed by atoms with van der Waals surface area (Å²) in [6, 6.07) is 7.48. The Morgan fingerprint density at radius 2 is 2.09 bits per heavy atom. The fraction of sp³-hybridized carbons (Fsp3) is 0.438. The lowest BCUT2D eigenvalue weighted by Gasteiger charge is -2.37. The summed E-state index contributed by atoms with van der Waals surface area (Å²) in [5.41, 5.74) is 0.154. The van der Waals surface area contributed by atoms with Crippen LogP contribution >= 0.6 is 11.6 Å². The molecule has 0 atom stereocenters. The molecule has 1 aromatic heterocycles. The number of esters is 1. The Kier molecular flexibility index (Phi) is 3.91. The fourth-order valence-corrected chi connectivity index (χ4v) is 3.16. The standard InChI is InChI=1S/C16H18ClN3O2/c1-3-22-15(21)16(9-6-10-16)14-19-18-13(20(14)2)11-7-4-5-8-12(11)17/h4-5,7-8H,3,6,9-10H2,1-2H3. The first-order chi connectivity index (χ1) is 10.6. The lowest BCUT2D eigenvalue weighted by molar-refractivity contribution is -0.154. The molecule has 0 spiro atoms. The fourth-order valence-electron chi connectivity index (χ4n) is 2.94. The van der Waals surface area contributed by atoms with E-state index in [1.54, 1.807) is 0 Å². The highest BCUT2D eigenvalue weighted by atomic mass is 35.5. The van der Waals surface area contributed by atoms with E-state index in [-0.39, 0.29) is 5.97 Å². The minimum Gasteiger partial charge on any atom is -0.465 e. The van der Waals surface area contributed by atoms with Crippen LogP contribution in [0.3, 0.4) is 0 Å². The second kappa shape index (κ2) is 5.72. The summed E-state index contributed by atoms with van der Waals surface area (Å²) in [4.78, 5) is 12.4. The summed E-state index contributed by atoms with van der Waals surface area (Å²) >= 11 is 6.24. The zero-order valence-electron chi connectivity index (χ0n) is 12.7. The van der Waals surface area contributed by atoms with Crippen molar-refractivity contribution in [2.75, 3.05) is 6.61 Å². The maximum atomic E-state index is 12.4. The van der Waals surface area contributed by atoms with Crippen LogP contribution < -0.4 is 0 Å². The van der Waals surface area contributed by atoms with Gasteiger partial charge in [0.2, 0.25) is 0 Å². The molecule has 6 heteroatoms. The number of aromatic nitrogens is 3. The average Bonchev–Trinajstić information content (AvgIpc) is 2.81. The first-order valence-electron chi connectivity index (χ1n) is 7.42. The Hall–Kier alpha value is -1.88. The molecule has 0 bridgehead atoms. The van der Waals surface area contributed by atoms with Crippen molar-refractivity contribution >= 4 is 17.6 Å². The van der Waals surface area contributed by atoms with Crippen LogP contribution in [0, 0.1) is 0 Å². The van der Waals surface area contributed by atoms with Crippen molar-refractivity contribution in [3.63, 3.8) is 0 Å². The number of rotatable bonds is 4. The van der Waals surface area contributed by atoms with E-state index in [1.165, 1.54) is 0 Å². The second-order valence-electron chi connectivity index (χ2n) is 5.54. The Bertz CT molecular complexity index is 707. The number of nitrogens with zero attached hydrogens (tertiary/aromatic N) is 3. The molecule has 0 radical (unpaired) electrons. The SMILES string of the molecule is CCOC(=O)C1(c2nnc(-c3ccccc3Cl)n2C)CCC1.